The fraction of sp³-hybridized carbons (Fsp3) is 0.667. The Labute approximate surface area is 58.5 Å². The van der Waals surface area contributed by atoms with E-state index >= 15 is 0 Å². The number of fused-ring (bicyclic) bond motifs is 1. The summed E-state index contributed by atoms with van der Waals surface area (Å²) in [7, 11) is 0. The zero-order valence-electron chi connectivity index (χ0n) is 4.27. The van der Waals surface area contributed by atoms with E-state index in [1.54, 1.807) is 0 Å². The van der Waals surface area contributed by atoms with Gasteiger partial charge in [-0.2, -0.15) is 0 Å². The fourth-order valence-corrected chi connectivity index (χ4v) is 2.24. The number of allylic oxidation sites excluding steroid dienone is 2. The molecule has 0 amide bonds. The van der Waals surface area contributed by atoms with Crippen molar-refractivity contribution < 1.29 is 0 Å². The fourth-order valence-electron chi connectivity index (χ4n) is 1.30. The van der Waals surface area contributed by atoms with Crippen molar-refractivity contribution in [2.24, 2.45) is 5.92 Å². The molecule has 0 heterocycles. The molecule has 44 valence electrons. The molecule has 0 aromatic carbocycles. The van der Waals surface area contributed by atoms with Crippen LogP contribution in [0.1, 0.15) is 6.42 Å². The van der Waals surface area contributed by atoms with Crippen molar-refractivity contribution >= 4 is 23.2 Å². The van der Waals surface area contributed by atoms with E-state index in [1.807, 2.05) is 0 Å². The summed E-state index contributed by atoms with van der Waals surface area (Å²) >= 11 is 11.7. The quantitative estimate of drug-likeness (QED) is 0.365. The highest BCUT2D eigenvalue weighted by Crippen LogP contribution is 2.53. The largest absolute Gasteiger partial charge is 0.122 e. The van der Waals surface area contributed by atoms with Gasteiger partial charge in [0.1, 0.15) is 0 Å². The van der Waals surface area contributed by atoms with Gasteiger partial charge >= 0.3 is 0 Å². The van der Waals surface area contributed by atoms with E-state index in [0.717, 1.165) is 6.42 Å². The summed E-state index contributed by atoms with van der Waals surface area (Å²) in [6, 6.07) is 0. The third kappa shape index (κ3) is 0.479. The van der Waals surface area contributed by atoms with Gasteiger partial charge < -0.3 is 0 Å². The summed E-state index contributed by atoms with van der Waals surface area (Å²) in [5.41, 5.74) is 1.38. The van der Waals surface area contributed by atoms with Crippen LogP contribution in [0.3, 0.4) is 0 Å². The van der Waals surface area contributed by atoms with Gasteiger partial charge in [0, 0.05) is 11.3 Å². The number of rotatable bonds is 0. The molecule has 0 aliphatic heterocycles. The summed E-state index contributed by atoms with van der Waals surface area (Å²) < 4.78 is 0. The lowest BCUT2D eigenvalue weighted by molar-refractivity contribution is 0.805. The highest BCUT2D eigenvalue weighted by Gasteiger charge is 2.50. The second-order valence-corrected chi connectivity index (χ2v) is 3.41. The molecule has 0 saturated heterocycles. The molecule has 2 rings (SSSR count). The second kappa shape index (κ2) is 1.43. The van der Waals surface area contributed by atoms with Crippen molar-refractivity contribution in [3.63, 3.8) is 0 Å². The molecule has 2 aliphatic rings. The maximum Gasteiger partial charge on any atom is 0.0629 e. The first kappa shape index (κ1) is 5.13. The molecule has 0 aromatic rings. The Morgan fingerprint density at radius 2 is 2.25 bits per heavy atom. The predicted octanol–water partition coefficient (Wildman–Crippen LogP) is 2.16. The van der Waals surface area contributed by atoms with Crippen LogP contribution in [-0.2, 0) is 0 Å². The van der Waals surface area contributed by atoms with Gasteiger partial charge in [-0.1, -0.05) is 6.08 Å². The molecule has 0 bridgehead atoms. The van der Waals surface area contributed by atoms with Crippen molar-refractivity contribution in [1.29, 1.82) is 0 Å². The lowest BCUT2D eigenvalue weighted by Crippen LogP contribution is -1.98. The van der Waals surface area contributed by atoms with E-state index in [1.165, 1.54) is 5.57 Å². The normalized spacial score (nSPS) is 50.8. The maximum atomic E-state index is 5.86. The topological polar surface area (TPSA) is 0 Å². The monoisotopic (exact) mass is 148 g/mol. The third-order valence-electron chi connectivity index (χ3n) is 1.88. The molecule has 1 saturated carbocycles. The van der Waals surface area contributed by atoms with Gasteiger partial charge in [0.2, 0.25) is 0 Å². The molecule has 1 fully saturated rings. The lowest BCUT2D eigenvalue weighted by Gasteiger charge is -1.96. The van der Waals surface area contributed by atoms with Crippen LogP contribution >= 0.6 is 23.2 Å². The molecule has 0 radical (unpaired) electrons. The van der Waals surface area contributed by atoms with Crippen LogP contribution in [0.15, 0.2) is 11.6 Å². The third-order valence-corrected chi connectivity index (χ3v) is 2.85. The number of halogens is 2. The van der Waals surface area contributed by atoms with E-state index in [0.29, 0.717) is 16.7 Å². The van der Waals surface area contributed by atoms with E-state index in [4.69, 9.17) is 23.2 Å². The molecule has 8 heavy (non-hydrogen) atoms. The van der Waals surface area contributed by atoms with Crippen molar-refractivity contribution in [2.75, 3.05) is 0 Å². The van der Waals surface area contributed by atoms with Gasteiger partial charge in [-0.05, 0) is 12.0 Å². The number of hydrogen-bond donors (Lipinski definition) is 0. The summed E-state index contributed by atoms with van der Waals surface area (Å²) in [5, 5.41) is 0.610. The van der Waals surface area contributed by atoms with Gasteiger partial charge in [-0.25, -0.2) is 0 Å². The van der Waals surface area contributed by atoms with Crippen molar-refractivity contribution in [2.45, 2.75) is 17.2 Å². The Kier molecular flexibility index (Phi) is 0.915. The molecular weight excluding hydrogens is 143 g/mol. The highest BCUT2D eigenvalue weighted by atomic mass is 35.5. The van der Waals surface area contributed by atoms with Crippen molar-refractivity contribution in [3.8, 4) is 0 Å². The van der Waals surface area contributed by atoms with E-state index in [9.17, 15) is 0 Å². The van der Waals surface area contributed by atoms with Crippen molar-refractivity contribution in [1.82, 2.24) is 0 Å². The van der Waals surface area contributed by atoms with Gasteiger partial charge in [0.25, 0.3) is 0 Å². The minimum atomic E-state index is 0.297. The van der Waals surface area contributed by atoms with Crippen LogP contribution in [0.4, 0.5) is 0 Å². The zero-order chi connectivity index (χ0) is 5.72. The highest BCUT2D eigenvalue weighted by molar-refractivity contribution is 6.29. The Morgan fingerprint density at radius 1 is 1.50 bits per heavy atom. The first-order valence-corrected chi connectivity index (χ1v) is 3.66. The average molecular weight is 149 g/mol. The number of alkyl halides is 2. The van der Waals surface area contributed by atoms with Gasteiger partial charge in [0.05, 0.1) is 5.38 Å². The lowest BCUT2D eigenvalue weighted by atomic mass is 10.3. The Bertz CT molecular complexity index is 151. The molecule has 0 nitrogen and oxygen atoms in total. The summed E-state index contributed by atoms with van der Waals surface area (Å²) in [4.78, 5) is 0. The molecule has 0 N–H and O–H groups in total. The molecule has 2 heteroatoms. The first-order valence-electron chi connectivity index (χ1n) is 2.79. The predicted molar refractivity (Wildman–Crippen MR) is 35.5 cm³/mol. The van der Waals surface area contributed by atoms with Crippen LogP contribution in [0, 0.1) is 5.92 Å². The Balaban J connectivity index is 2.22. The molecule has 2 aliphatic carbocycles. The molecule has 0 aromatic heterocycles. The summed E-state index contributed by atoms with van der Waals surface area (Å²) in [6.45, 7) is 0. The Morgan fingerprint density at radius 3 is 2.50 bits per heavy atom. The average Bonchev–Trinajstić information content (AvgIpc) is 2.13. The minimum absolute atomic E-state index is 0.297. The van der Waals surface area contributed by atoms with Crippen LogP contribution in [0.25, 0.3) is 0 Å². The second-order valence-electron chi connectivity index (χ2n) is 2.38. The van der Waals surface area contributed by atoms with Crippen LogP contribution in [0.5, 0.6) is 0 Å². The van der Waals surface area contributed by atoms with Crippen molar-refractivity contribution in [3.05, 3.63) is 11.6 Å². The summed E-state index contributed by atoms with van der Waals surface area (Å²) in [6.07, 6.45) is 3.20. The number of hydrogen-bond acceptors (Lipinski definition) is 0. The van der Waals surface area contributed by atoms with Crippen LogP contribution in [0.2, 0.25) is 0 Å². The molecule has 3 unspecified atom stereocenters. The van der Waals surface area contributed by atoms with Crippen LogP contribution < -0.4 is 0 Å². The van der Waals surface area contributed by atoms with E-state index < -0.39 is 0 Å². The van der Waals surface area contributed by atoms with E-state index in [-0.39, 0.29) is 0 Å². The molecule has 3 atom stereocenters. The molecule has 0 spiro atoms. The summed E-state index contributed by atoms with van der Waals surface area (Å²) in [5.74, 6) is 0.540. The standard InChI is InChI=1S/C6H6Cl2/c7-4-2-1-3-5(4)6(3)8/h1,4-6H,2H2. The van der Waals surface area contributed by atoms with Gasteiger partial charge in [-0.15, -0.1) is 23.2 Å². The SMILES string of the molecule is ClC1CC=C2C(Cl)C21. The van der Waals surface area contributed by atoms with E-state index in [2.05, 4.69) is 6.08 Å². The smallest absolute Gasteiger partial charge is 0.0629 e. The molecular formula is C6H6Cl2. The Hall–Kier alpha value is 0.320. The van der Waals surface area contributed by atoms with Gasteiger partial charge in [0.15, 0.2) is 0 Å². The first-order chi connectivity index (χ1) is 3.80. The van der Waals surface area contributed by atoms with Gasteiger partial charge in [-0.3, -0.25) is 0 Å². The minimum Gasteiger partial charge on any atom is -0.122 e. The zero-order valence-corrected chi connectivity index (χ0v) is 5.78. The maximum absolute atomic E-state index is 5.86. The van der Waals surface area contributed by atoms with Crippen LogP contribution in [-0.4, -0.2) is 10.8 Å².